The highest BCUT2D eigenvalue weighted by atomic mass is 32.1. The molecule has 1 atom stereocenters. The molecule has 0 aromatic carbocycles. The van der Waals surface area contributed by atoms with E-state index in [1.54, 1.807) is 0 Å². The number of thiol groups is 1. The van der Waals surface area contributed by atoms with Gasteiger partial charge in [-0.1, -0.05) is 12.2 Å². The van der Waals surface area contributed by atoms with E-state index in [1.807, 2.05) is 18.4 Å². The van der Waals surface area contributed by atoms with Crippen molar-refractivity contribution in [1.82, 2.24) is 10.7 Å². The maximum absolute atomic E-state index is 5.07. The summed E-state index contributed by atoms with van der Waals surface area (Å²) in [5, 5.41) is 2.90. The quantitative estimate of drug-likeness (QED) is 0.120. The van der Waals surface area contributed by atoms with E-state index in [-0.39, 0.29) is 5.50 Å². The molecule has 1 unspecified atom stereocenters. The first-order valence-corrected chi connectivity index (χ1v) is 3.99. The summed E-state index contributed by atoms with van der Waals surface area (Å²) in [6.45, 7) is 3.61. The minimum atomic E-state index is -0.185. The number of unbranched alkanes of at least 4 members (excludes halogenated alkanes) is 1. The fourth-order valence-electron chi connectivity index (χ4n) is 0.505. The molecule has 0 rings (SSSR count). The van der Waals surface area contributed by atoms with Crippen molar-refractivity contribution < 1.29 is 0 Å². The van der Waals surface area contributed by atoms with Crippen LogP contribution in [0.5, 0.6) is 0 Å². The van der Waals surface area contributed by atoms with Crippen molar-refractivity contribution in [2.45, 2.75) is 18.3 Å². The van der Waals surface area contributed by atoms with E-state index >= 15 is 0 Å². The third kappa shape index (κ3) is 7.45. The summed E-state index contributed by atoms with van der Waals surface area (Å²) in [5.74, 6) is 5.07. The van der Waals surface area contributed by atoms with Crippen molar-refractivity contribution in [2.24, 2.45) is 5.84 Å². The average Bonchev–Trinajstić information content (AvgIpc) is 2.04. The fraction of sp³-hybridized carbons (Fsp3) is 0.429. The zero-order chi connectivity index (χ0) is 8.53. The molecular weight excluding hydrogens is 158 g/mol. The molecule has 4 N–H and O–H groups in total. The molecule has 0 saturated heterocycles. The van der Waals surface area contributed by atoms with Gasteiger partial charge in [-0.3, -0.25) is 5.84 Å². The zero-order valence-corrected chi connectivity index (χ0v) is 7.35. The van der Waals surface area contributed by atoms with Gasteiger partial charge >= 0.3 is 0 Å². The minimum absolute atomic E-state index is 0.185. The first-order chi connectivity index (χ1) is 5.31. The van der Waals surface area contributed by atoms with E-state index in [1.165, 1.54) is 0 Å². The lowest BCUT2D eigenvalue weighted by Crippen LogP contribution is -2.39. The summed E-state index contributed by atoms with van der Waals surface area (Å²) < 4.78 is 0. The standard InChI is InChI=1S/C7H15N3S/c1-2-3-4-5-6-9-7(11)10-8/h2,5-7,9-11H,1,3-4,8H2/b6-5+. The van der Waals surface area contributed by atoms with Gasteiger partial charge in [-0.25, -0.2) is 5.43 Å². The molecule has 0 aromatic rings. The Morgan fingerprint density at radius 2 is 2.27 bits per heavy atom. The van der Waals surface area contributed by atoms with Gasteiger partial charge in [0.05, 0.1) is 0 Å². The molecule has 11 heavy (non-hydrogen) atoms. The number of hydrazine groups is 1. The Labute approximate surface area is 73.1 Å². The van der Waals surface area contributed by atoms with Gasteiger partial charge in [0.2, 0.25) is 0 Å². The van der Waals surface area contributed by atoms with E-state index in [0.717, 1.165) is 12.8 Å². The van der Waals surface area contributed by atoms with Crippen LogP contribution in [0.2, 0.25) is 0 Å². The van der Waals surface area contributed by atoms with E-state index < -0.39 is 0 Å². The van der Waals surface area contributed by atoms with Gasteiger partial charge in [0.15, 0.2) is 0 Å². The van der Waals surface area contributed by atoms with E-state index in [4.69, 9.17) is 5.84 Å². The van der Waals surface area contributed by atoms with Crippen LogP contribution in [-0.2, 0) is 0 Å². The van der Waals surface area contributed by atoms with E-state index in [9.17, 15) is 0 Å². The van der Waals surface area contributed by atoms with Gasteiger partial charge in [0.25, 0.3) is 0 Å². The van der Waals surface area contributed by atoms with Gasteiger partial charge in [0, 0.05) is 0 Å². The Balaban J connectivity index is 3.21. The molecule has 0 aliphatic rings. The lowest BCUT2D eigenvalue weighted by Gasteiger charge is -2.07. The van der Waals surface area contributed by atoms with Crippen molar-refractivity contribution >= 4 is 12.6 Å². The monoisotopic (exact) mass is 173 g/mol. The Kier molecular flexibility index (Phi) is 7.34. The first kappa shape index (κ1) is 10.6. The van der Waals surface area contributed by atoms with E-state index in [0.29, 0.717) is 0 Å². The molecule has 4 heteroatoms. The fourth-order valence-corrected chi connectivity index (χ4v) is 0.591. The largest absolute Gasteiger partial charge is 0.367 e. The smallest absolute Gasteiger partial charge is 0.134 e. The number of nitrogens with two attached hydrogens (primary N) is 1. The second-order valence-corrected chi connectivity index (χ2v) is 2.52. The van der Waals surface area contributed by atoms with Crippen LogP contribution in [0.15, 0.2) is 24.9 Å². The van der Waals surface area contributed by atoms with Crippen LogP contribution in [0.25, 0.3) is 0 Å². The molecule has 3 nitrogen and oxygen atoms in total. The van der Waals surface area contributed by atoms with Crippen molar-refractivity contribution in [3.63, 3.8) is 0 Å². The van der Waals surface area contributed by atoms with Crippen LogP contribution in [0.4, 0.5) is 0 Å². The Morgan fingerprint density at radius 3 is 2.82 bits per heavy atom. The highest BCUT2D eigenvalue weighted by Gasteiger charge is 1.89. The minimum Gasteiger partial charge on any atom is -0.367 e. The van der Waals surface area contributed by atoms with Crippen molar-refractivity contribution in [1.29, 1.82) is 0 Å². The molecule has 0 spiro atoms. The lowest BCUT2D eigenvalue weighted by atomic mass is 10.3. The van der Waals surface area contributed by atoms with Crippen LogP contribution in [0, 0.1) is 0 Å². The van der Waals surface area contributed by atoms with Crippen molar-refractivity contribution in [3.05, 3.63) is 24.9 Å². The van der Waals surface area contributed by atoms with Crippen LogP contribution < -0.4 is 16.6 Å². The lowest BCUT2D eigenvalue weighted by molar-refractivity contribution is 0.637. The van der Waals surface area contributed by atoms with Gasteiger partial charge in [-0.05, 0) is 19.0 Å². The topological polar surface area (TPSA) is 50.1 Å². The van der Waals surface area contributed by atoms with Crippen LogP contribution in [0.3, 0.4) is 0 Å². The van der Waals surface area contributed by atoms with Gasteiger partial charge in [-0.2, -0.15) is 0 Å². The van der Waals surface area contributed by atoms with Gasteiger partial charge in [-0.15, -0.1) is 19.2 Å². The number of hydrogen-bond donors (Lipinski definition) is 4. The van der Waals surface area contributed by atoms with Crippen LogP contribution in [-0.4, -0.2) is 5.50 Å². The average molecular weight is 173 g/mol. The molecule has 0 aliphatic carbocycles. The Morgan fingerprint density at radius 1 is 1.55 bits per heavy atom. The molecule has 0 saturated carbocycles. The molecule has 64 valence electrons. The molecule has 0 radical (unpaired) electrons. The molecule has 0 aromatic heterocycles. The second-order valence-electron chi connectivity index (χ2n) is 2.00. The number of rotatable bonds is 6. The molecule has 0 fully saturated rings. The summed E-state index contributed by atoms with van der Waals surface area (Å²) >= 11 is 4.04. The van der Waals surface area contributed by atoms with Crippen LogP contribution in [0.1, 0.15) is 12.8 Å². The molecule has 0 heterocycles. The first-order valence-electron chi connectivity index (χ1n) is 3.47. The predicted molar refractivity (Wildman–Crippen MR) is 51.8 cm³/mol. The predicted octanol–water partition coefficient (Wildman–Crippen LogP) is 0.733. The van der Waals surface area contributed by atoms with Crippen molar-refractivity contribution in [2.75, 3.05) is 0 Å². The maximum Gasteiger partial charge on any atom is 0.134 e. The SMILES string of the molecule is C=CCC/C=C/NC(S)NN. The summed E-state index contributed by atoms with van der Waals surface area (Å²) in [6, 6.07) is 0. The summed E-state index contributed by atoms with van der Waals surface area (Å²) in [4.78, 5) is 0. The van der Waals surface area contributed by atoms with Crippen molar-refractivity contribution in [3.8, 4) is 0 Å². The van der Waals surface area contributed by atoms with Gasteiger partial charge < -0.3 is 5.32 Å². The highest BCUT2D eigenvalue weighted by Crippen LogP contribution is 1.90. The number of allylic oxidation sites excluding steroid dienone is 2. The molecule has 0 amide bonds. The maximum atomic E-state index is 5.07. The third-order valence-corrected chi connectivity index (χ3v) is 1.37. The summed E-state index contributed by atoms with van der Waals surface area (Å²) in [6.07, 6.45) is 7.68. The zero-order valence-electron chi connectivity index (χ0n) is 6.46. The highest BCUT2D eigenvalue weighted by molar-refractivity contribution is 7.80. The summed E-state index contributed by atoms with van der Waals surface area (Å²) in [7, 11) is 0. The Hall–Kier alpha value is -0.450. The molecule has 0 aliphatic heterocycles. The normalized spacial score (nSPS) is 13.3. The molecule has 0 bridgehead atoms. The second kappa shape index (κ2) is 7.65. The molecular formula is C7H15N3S. The summed E-state index contributed by atoms with van der Waals surface area (Å²) in [5.41, 5.74) is 2.25. The Bertz CT molecular complexity index is 125. The number of nitrogens with one attached hydrogen (secondary N) is 2. The third-order valence-electron chi connectivity index (χ3n) is 1.07. The van der Waals surface area contributed by atoms with Crippen LogP contribution >= 0.6 is 12.6 Å². The van der Waals surface area contributed by atoms with E-state index in [2.05, 4.69) is 30.0 Å². The number of hydrogen-bond acceptors (Lipinski definition) is 4. The van der Waals surface area contributed by atoms with Gasteiger partial charge in [0.1, 0.15) is 5.50 Å².